The van der Waals surface area contributed by atoms with Gasteiger partial charge >= 0.3 is 12.0 Å². The number of carbonyl (C=O) groups is 2. The molecule has 46 heavy (non-hydrogen) atoms. The van der Waals surface area contributed by atoms with Crippen LogP contribution in [0.1, 0.15) is 42.3 Å². The van der Waals surface area contributed by atoms with Crippen molar-refractivity contribution in [2.45, 2.75) is 39.6 Å². The van der Waals surface area contributed by atoms with E-state index in [2.05, 4.69) is 72.8 Å². The van der Waals surface area contributed by atoms with E-state index in [0.29, 0.717) is 35.9 Å². The molecule has 11 nitrogen and oxygen atoms in total. The first kappa shape index (κ1) is 32.6. The van der Waals surface area contributed by atoms with E-state index in [9.17, 15) is 14.7 Å². The van der Waals surface area contributed by atoms with E-state index in [-0.39, 0.29) is 12.2 Å². The minimum absolute atomic E-state index is 0.127. The van der Waals surface area contributed by atoms with Crippen molar-refractivity contribution >= 4 is 45.0 Å². The number of amides is 2. The highest BCUT2D eigenvalue weighted by atomic mass is 79.9. The number of ether oxygens (including phenoxy) is 3. The number of hydrogen-bond acceptors (Lipinski definition) is 8. The van der Waals surface area contributed by atoms with Gasteiger partial charge in [-0.25, -0.2) is 9.59 Å². The maximum atomic E-state index is 12.5. The van der Waals surface area contributed by atoms with Gasteiger partial charge in [0.15, 0.2) is 17.7 Å². The second kappa shape index (κ2) is 14.5. The Morgan fingerprint density at radius 1 is 1.11 bits per heavy atom. The maximum absolute atomic E-state index is 12.5. The highest BCUT2D eigenvalue weighted by Crippen LogP contribution is 2.35. The quantitative estimate of drug-likeness (QED) is 0.0688. The van der Waals surface area contributed by atoms with E-state index in [1.165, 1.54) is 12.7 Å². The van der Waals surface area contributed by atoms with Crippen LogP contribution in [0.25, 0.3) is 10.9 Å². The van der Waals surface area contributed by atoms with Crippen molar-refractivity contribution in [1.29, 1.82) is 0 Å². The lowest BCUT2D eigenvalue weighted by Crippen LogP contribution is -2.45. The first-order valence-electron chi connectivity index (χ1n) is 14.7. The summed E-state index contributed by atoms with van der Waals surface area (Å²) in [4.78, 5) is 24.7. The van der Waals surface area contributed by atoms with Gasteiger partial charge in [0.1, 0.15) is 6.61 Å². The average molecular weight is 691 g/mol. The van der Waals surface area contributed by atoms with Crippen molar-refractivity contribution < 1.29 is 28.9 Å². The van der Waals surface area contributed by atoms with E-state index in [4.69, 9.17) is 14.2 Å². The highest BCUT2D eigenvalue weighted by molar-refractivity contribution is 9.10. The monoisotopic (exact) mass is 689 g/mol. The normalized spacial score (nSPS) is 15.4. The van der Waals surface area contributed by atoms with Crippen molar-refractivity contribution in [3.63, 3.8) is 0 Å². The number of aliphatic hydroxyl groups excluding tert-OH is 1. The van der Waals surface area contributed by atoms with Crippen LogP contribution in [0.2, 0.25) is 0 Å². The van der Waals surface area contributed by atoms with Crippen molar-refractivity contribution in [3.8, 4) is 11.5 Å². The maximum Gasteiger partial charge on any atom is 0.337 e. The summed E-state index contributed by atoms with van der Waals surface area (Å²) in [7, 11) is 1.28. The van der Waals surface area contributed by atoms with Gasteiger partial charge in [-0.2, -0.15) is 5.10 Å². The summed E-state index contributed by atoms with van der Waals surface area (Å²) >= 11 is 3.50. The number of nitrogens with one attached hydrogen (secondary N) is 3. The minimum Gasteiger partial charge on any atom is -0.490 e. The third-order valence-electron chi connectivity index (χ3n) is 7.62. The lowest BCUT2D eigenvalue weighted by molar-refractivity contribution is -0.136. The molecule has 0 bridgehead atoms. The van der Waals surface area contributed by atoms with E-state index in [1.54, 1.807) is 31.3 Å². The lowest BCUT2D eigenvalue weighted by atomic mass is 9.95. The van der Waals surface area contributed by atoms with Gasteiger partial charge in [-0.15, -0.1) is 0 Å². The Hall–Kier alpha value is -4.81. The number of urea groups is 1. The number of carbonyl (C=O) groups excluding carboxylic acids is 2. The van der Waals surface area contributed by atoms with Crippen molar-refractivity contribution in [2.75, 3.05) is 20.3 Å². The number of rotatable bonds is 12. The van der Waals surface area contributed by atoms with Crippen molar-refractivity contribution in [2.24, 2.45) is 5.10 Å². The Labute approximate surface area is 275 Å². The Kier molecular flexibility index (Phi) is 10.3. The fourth-order valence-corrected chi connectivity index (χ4v) is 5.67. The third-order valence-corrected chi connectivity index (χ3v) is 8.15. The van der Waals surface area contributed by atoms with Gasteiger partial charge in [-0.3, -0.25) is 5.43 Å². The van der Waals surface area contributed by atoms with Crippen LogP contribution in [0, 0.1) is 6.92 Å². The molecule has 3 aromatic carbocycles. The number of nitrogens with zero attached hydrogens (tertiary/aromatic N) is 2. The molecule has 4 aromatic rings. The molecule has 12 heteroatoms. The largest absolute Gasteiger partial charge is 0.490 e. The topological polar surface area (TPSA) is 135 Å². The molecule has 2 heterocycles. The van der Waals surface area contributed by atoms with Crippen molar-refractivity contribution in [3.05, 3.63) is 105 Å². The number of aliphatic hydroxyl groups is 1. The second-order valence-corrected chi connectivity index (χ2v) is 11.6. The van der Waals surface area contributed by atoms with Gasteiger partial charge in [0.25, 0.3) is 0 Å². The van der Waals surface area contributed by atoms with Crippen LogP contribution in [-0.4, -0.2) is 54.4 Å². The van der Waals surface area contributed by atoms with Crippen molar-refractivity contribution in [1.82, 2.24) is 20.6 Å². The average Bonchev–Trinajstić information content (AvgIpc) is 3.30. The number of aromatic nitrogens is 1. The van der Waals surface area contributed by atoms with Gasteiger partial charge < -0.3 is 34.5 Å². The summed E-state index contributed by atoms with van der Waals surface area (Å²) < 4.78 is 19.9. The highest BCUT2D eigenvalue weighted by Gasteiger charge is 2.32. The SMILES string of the molecule is CCOc1cc([C@H]2NC(=O)NC(C)=C2C(=O)OC)ccc1OC[C@H](O)N/N=C\c1c(C)n(Cc2ccc(Br)cc2)c2ccccc12. The molecular formula is C34H36BrN5O6. The number of fused-ring (bicyclic) bond motifs is 1. The number of allylic oxidation sites excluding steroid dienone is 1. The molecule has 0 saturated heterocycles. The first-order chi connectivity index (χ1) is 22.2. The molecule has 2 amide bonds. The minimum atomic E-state index is -1.12. The Morgan fingerprint density at radius 2 is 1.87 bits per heavy atom. The molecule has 4 N–H and O–H groups in total. The van der Waals surface area contributed by atoms with Crippen LogP contribution in [0.5, 0.6) is 11.5 Å². The van der Waals surface area contributed by atoms with Crippen LogP contribution in [-0.2, 0) is 16.1 Å². The summed E-state index contributed by atoms with van der Waals surface area (Å²) in [6.07, 6.45) is 0.586. The zero-order valence-corrected chi connectivity index (χ0v) is 27.6. The number of hydrogen-bond donors (Lipinski definition) is 4. The molecule has 1 aromatic heterocycles. The van der Waals surface area contributed by atoms with Gasteiger partial charge in [-0.1, -0.05) is 52.3 Å². The van der Waals surface area contributed by atoms with E-state index in [0.717, 1.165) is 26.6 Å². The predicted molar refractivity (Wildman–Crippen MR) is 179 cm³/mol. The second-order valence-electron chi connectivity index (χ2n) is 10.6. The molecule has 0 aliphatic carbocycles. The number of benzene rings is 3. The van der Waals surface area contributed by atoms with Gasteiger partial charge in [0.2, 0.25) is 0 Å². The van der Waals surface area contributed by atoms with Gasteiger partial charge in [-0.05, 0) is 62.2 Å². The summed E-state index contributed by atoms with van der Waals surface area (Å²) in [5.74, 6) is 0.204. The molecule has 0 saturated carbocycles. The Bertz CT molecular complexity index is 1800. The van der Waals surface area contributed by atoms with Crippen LogP contribution in [0.4, 0.5) is 4.79 Å². The molecule has 1 aliphatic heterocycles. The molecule has 0 unspecified atom stereocenters. The molecule has 1 aliphatic rings. The number of hydrazone groups is 1. The zero-order chi connectivity index (χ0) is 32.8. The smallest absolute Gasteiger partial charge is 0.337 e. The van der Waals surface area contributed by atoms with E-state index < -0.39 is 24.3 Å². The predicted octanol–water partition coefficient (Wildman–Crippen LogP) is 5.28. The Balaban J connectivity index is 1.28. The fraction of sp³-hybridized carbons (Fsp3) is 0.265. The van der Waals surface area contributed by atoms with Crippen LogP contribution in [0.15, 0.2) is 87.6 Å². The standard InChI is InChI=1S/C34H36BrN5O6/c1-5-45-29-16-23(32-31(33(42)44-4)20(2)37-34(43)38-32)12-15-28(29)46-19-30(41)39-36-17-26-21(3)40(27-9-7-6-8-25(26)27)18-22-10-13-24(35)14-11-22/h6-17,30,32,39,41H,5,18-19H2,1-4H3,(H2,37,38,43)/b36-17-/t30-,32+/m0/s1. The van der Waals surface area contributed by atoms with E-state index >= 15 is 0 Å². The third kappa shape index (κ3) is 7.19. The van der Waals surface area contributed by atoms with Crippen LogP contribution < -0.4 is 25.5 Å². The number of para-hydroxylation sites is 1. The van der Waals surface area contributed by atoms with Crippen LogP contribution in [0.3, 0.4) is 0 Å². The van der Waals surface area contributed by atoms with Crippen LogP contribution >= 0.6 is 15.9 Å². The molecule has 0 radical (unpaired) electrons. The summed E-state index contributed by atoms with van der Waals surface area (Å²) in [6.45, 7) is 6.45. The Morgan fingerprint density at radius 3 is 2.61 bits per heavy atom. The molecule has 240 valence electrons. The summed E-state index contributed by atoms with van der Waals surface area (Å²) in [5, 5.41) is 21.4. The number of halogens is 1. The summed E-state index contributed by atoms with van der Waals surface area (Å²) in [5.41, 5.74) is 8.29. The molecule has 5 rings (SSSR count). The first-order valence-corrected chi connectivity index (χ1v) is 15.5. The molecular weight excluding hydrogens is 654 g/mol. The van der Waals surface area contributed by atoms with Gasteiger partial charge in [0, 0.05) is 38.9 Å². The molecule has 0 fully saturated rings. The number of esters is 1. The zero-order valence-electron chi connectivity index (χ0n) is 26.0. The number of methoxy groups -OCH3 is 1. The fourth-order valence-electron chi connectivity index (χ4n) is 5.41. The van der Waals surface area contributed by atoms with E-state index in [1.807, 2.05) is 31.2 Å². The van der Waals surface area contributed by atoms with Gasteiger partial charge in [0.05, 0.1) is 31.5 Å². The lowest BCUT2D eigenvalue weighted by Gasteiger charge is -2.28. The molecule has 0 spiro atoms. The molecule has 2 atom stereocenters. The summed E-state index contributed by atoms with van der Waals surface area (Å²) in [6, 6.07) is 20.3.